The molecule has 0 saturated carbocycles. The van der Waals surface area contributed by atoms with Crippen molar-refractivity contribution in [2.45, 2.75) is 44.6 Å². The Bertz CT molecular complexity index is 1110. The number of carbonyl (C=O) groups is 1. The van der Waals surface area contributed by atoms with Gasteiger partial charge in [-0.25, -0.2) is 0 Å². The molecule has 5 heteroatoms. The second-order valence-electron chi connectivity index (χ2n) is 11.3. The molecule has 2 fully saturated rings. The van der Waals surface area contributed by atoms with Crippen LogP contribution >= 0.6 is 0 Å². The van der Waals surface area contributed by atoms with Crippen LogP contribution in [-0.4, -0.2) is 67.6 Å². The molecule has 2 heterocycles. The van der Waals surface area contributed by atoms with Gasteiger partial charge in [-0.3, -0.25) is 4.79 Å². The minimum atomic E-state index is -0.0199. The molecule has 0 aromatic heterocycles. The van der Waals surface area contributed by atoms with Gasteiger partial charge in [0.2, 0.25) is 0 Å². The van der Waals surface area contributed by atoms with Crippen LogP contribution in [0.5, 0.6) is 5.75 Å². The number of ether oxygens (including phenoxy) is 1. The first-order valence-electron chi connectivity index (χ1n) is 14.7. The maximum absolute atomic E-state index is 12.8. The van der Waals surface area contributed by atoms with Crippen molar-refractivity contribution >= 4 is 5.91 Å². The van der Waals surface area contributed by atoms with Gasteiger partial charge in [0.15, 0.2) is 0 Å². The summed E-state index contributed by atoms with van der Waals surface area (Å²) in [6, 6.07) is 29.3. The van der Waals surface area contributed by atoms with Gasteiger partial charge in [-0.05, 0) is 74.0 Å². The van der Waals surface area contributed by atoms with Crippen LogP contribution in [-0.2, 0) is 0 Å². The monoisotopic (exact) mass is 525 g/mol. The maximum Gasteiger partial charge on any atom is 0.251 e. The molecule has 2 saturated heterocycles. The van der Waals surface area contributed by atoms with E-state index in [2.05, 4.69) is 82.7 Å². The summed E-state index contributed by atoms with van der Waals surface area (Å²) in [6.07, 6.45) is 4.66. The van der Waals surface area contributed by atoms with Crippen molar-refractivity contribution < 1.29 is 9.53 Å². The normalized spacial score (nSPS) is 17.8. The Labute approximate surface area is 234 Å². The lowest BCUT2D eigenvalue weighted by atomic mass is 9.90. The number of amides is 1. The zero-order chi connectivity index (χ0) is 26.9. The summed E-state index contributed by atoms with van der Waals surface area (Å²) in [5.74, 6) is 1.95. The molecule has 5 rings (SSSR count). The van der Waals surface area contributed by atoms with Crippen LogP contribution in [0.4, 0.5) is 0 Å². The fourth-order valence-electron chi connectivity index (χ4n) is 5.86. The third-order valence-corrected chi connectivity index (χ3v) is 8.37. The van der Waals surface area contributed by atoms with Gasteiger partial charge in [0.25, 0.3) is 5.91 Å². The Morgan fingerprint density at radius 2 is 1.44 bits per heavy atom. The van der Waals surface area contributed by atoms with Crippen LogP contribution in [0.3, 0.4) is 0 Å². The van der Waals surface area contributed by atoms with E-state index in [1.165, 1.54) is 24.0 Å². The van der Waals surface area contributed by atoms with Crippen LogP contribution in [0.25, 0.3) is 0 Å². The van der Waals surface area contributed by atoms with Gasteiger partial charge in [0.05, 0.1) is 0 Å². The highest BCUT2D eigenvalue weighted by atomic mass is 16.5. The van der Waals surface area contributed by atoms with E-state index in [0.717, 1.165) is 63.8 Å². The summed E-state index contributed by atoms with van der Waals surface area (Å²) >= 11 is 0. The molecule has 3 aromatic carbocycles. The molecule has 2 aliphatic heterocycles. The van der Waals surface area contributed by atoms with Gasteiger partial charge in [0.1, 0.15) is 11.9 Å². The highest BCUT2D eigenvalue weighted by Gasteiger charge is 2.24. The molecule has 39 heavy (non-hydrogen) atoms. The topological polar surface area (TPSA) is 44.8 Å². The van der Waals surface area contributed by atoms with Crippen molar-refractivity contribution in [3.8, 4) is 5.75 Å². The highest BCUT2D eigenvalue weighted by Crippen LogP contribution is 2.28. The lowest BCUT2D eigenvalue weighted by Gasteiger charge is -2.34. The summed E-state index contributed by atoms with van der Waals surface area (Å²) in [5, 5.41) is 3.10. The van der Waals surface area contributed by atoms with E-state index in [1.807, 2.05) is 24.3 Å². The number of piperidine rings is 2. The second-order valence-corrected chi connectivity index (χ2v) is 11.3. The van der Waals surface area contributed by atoms with E-state index in [0.29, 0.717) is 18.0 Å². The lowest BCUT2D eigenvalue weighted by molar-refractivity contribution is 0.0934. The summed E-state index contributed by atoms with van der Waals surface area (Å²) in [7, 11) is 0. The first-order chi connectivity index (χ1) is 19.1. The molecule has 0 unspecified atom stereocenters. The molecule has 1 amide bonds. The molecule has 0 spiro atoms. The molecule has 0 atom stereocenters. The van der Waals surface area contributed by atoms with Crippen LogP contribution in [0.1, 0.15) is 60.0 Å². The van der Waals surface area contributed by atoms with E-state index >= 15 is 0 Å². The van der Waals surface area contributed by atoms with Crippen molar-refractivity contribution in [2.24, 2.45) is 5.92 Å². The van der Waals surface area contributed by atoms with Crippen LogP contribution in [0, 0.1) is 5.92 Å². The molecule has 0 aliphatic carbocycles. The lowest BCUT2D eigenvalue weighted by Crippen LogP contribution is -2.40. The fraction of sp³-hybridized carbons (Fsp3) is 0.441. The first kappa shape index (κ1) is 27.4. The van der Waals surface area contributed by atoms with Gasteiger partial charge < -0.3 is 19.9 Å². The molecular weight excluding hydrogens is 482 g/mol. The number of benzene rings is 3. The zero-order valence-corrected chi connectivity index (χ0v) is 23.3. The van der Waals surface area contributed by atoms with Crippen LogP contribution in [0.2, 0.25) is 0 Å². The Hall–Kier alpha value is -3.15. The van der Waals surface area contributed by atoms with E-state index in [9.17, 15) is 4.79 Å². The number of nitrogens with one attached hydrogen (secondary N) is 1. The molecule has 1 N–H and O–H groups in total. The van der Waals surface area contributed by atoms with Crippen molar-refractivity contribution in [1.29, 1.82) is 0 Å². The summed E-state index contributed by atoms with van der Waals surface area (Å²) < 4.78 is 6.36. The summed E-state index contributed by atoms with van der Waals surface area (Å²) in [4.78, 5) is 17.8. The zero-order valence-electron chi connectivity index (χ0n) is 23.3. The predicted molar refractivity (Wildman–Crippen MR) is 158 cm³/mol. The van der Waals surface area contributed by atoms with Gasteiger partial charge in [-0.1, -0.05) is 73.7 Å². The second kappa shape index (κ2) is 13.8. The van der Waals surface area contributed by atoms with Gasteiger partial charge >= 0.3 is 0 Å². The largest absolute Gasteiger partial charge is 0.490 e. The van der Waals surface area contributed by atoms with Gasteiger partial charge in [0, 0.05) is 44.2 Å². The molecule has 206 valence electrons. The minimum Gasteiger partial charge on any atom is -0.490 e. The average Bonchev–Trinajstić information content (AvgIpc) is 2.99. The number of hydrogen-bond acceptors (Lipinski definition) is 4. The van der Waals surface area contributed by atoms with Crippen LogP contribution in [0.15, 0.2) is 84.9 Å². The third kappa shape index (κ3) is 7.93. The number of nitrogens with zero attached hydrogens (tertiary/aromatic N) is 2. The Balaban J connectivity index is 1.10. The average molecular weight is 526 g/mol. The van der Waals surface area contributed by atoms with Crippen molar-refractivity contribution in [1.82, 2.24) is 15.1 Å². The first-order valence-corrected chi connectivity index (χ1v) is 14.7. The quantitative estimate of drug-likeness (QED) is 0.362. The SMILES string of the molecule is CC1CCN(CCNC(=O)c2cccc(OC3CCN(CC(c4ccccc4)c4ccccc4)CC3)c2)CC1. The molecule has 0 radical (unpaired) electrons. The number of carbonyl (C=O) groups excluding carboxylic acids is 1. The predicted octanol–water partition coefficient (Wildman–Crippen LogP) is 5.82. The molecule has 3 aromatic rings. The maximum atomic E-state index is 12.8. The molecule has 2 aliphatic rings. The highest BCUT2D eigenvalue weighted by molar-refractivity contribution is 5.94. The Morgan fingerprint density at radius 1 is 0.821 bits per heavy atom. The van der Waals surface area contributed by atoms with Crippen molar-refractivity contribution in [2.75, 3.05) is 45.8 Å². The molecular formula is C34H43N3O2. The summed E-state index contributed by atoms with van der Waals surface area (Å²) in [5.41, 5.74) is 3.40. The number of likely N-dealkylation sites (tertiary alicyclic amines) is 2. The van der Waals surface area contributed by atoms with E-state index in [4.69, 9.17) is 4.74 Å². The van der Waals surface area contributed by atoms with Crippen molar-refractivity contribution in [3.63, 3.8) is 0 Å². The minimum absolute atomic E-state index is 0.0199. The smallest absolute Gasteiger partial charge is 0.251 e. The van der Waals surface area contributed by atoms with E-state index < -0.39 is 0 Å². The Kier molecular flexibility index (Phi) is 9.68. The van der Waals surface area contributed by atoms with E-state index in [-0.39, 0.29) is 12.0 Å². The van der Waals surface area contributed by atoms with E-state index in [1.54, 1.807) is 0 Å². The molecule has 5 nitrogen and oxygen atoms in total. The summed E-state index contributed by atoms with van der Waals surface area (Å²) in [6.45, 7) is 9.23. The van der Waals surface area contributed by atoms with Gasteiger partial charge in [-0.15, -0.1) is 0 Å². The Morgan fingerprint density at radius 3 is 2.08 bits per heavy atom. The third-order valence-electron chi connectivity index (χ3n) is 8.37. The van der Waals surface area contributed by atoms with Gasteiger partial charge in [-0.2, -0.15) is 0 Å². The van der Waals surface area contributed by atoms with Crippen molar-refractivity contribution in [3.05, 3.63) is 102 Å². The standard InChI is InChI=1S/C34H43N3O2/c1-27-15-20-36(21-16-27)24-19-35-34(38)30-13-8-14-32(25-30)39-31-17-22-37(23-18-31)26-33(28-9-4-2-5-10-28)29-11-6-3-7-12-29/h2-14,25,27,31,33H,15-24,26H2,1H3,(H,35,38). The number of rotatable bonds is 10. The fourth-order valence-corrected chi connectivity index (χ4v) is 5.86. The van der Waals surface area contributed by atoms with Crippen LogP contribution < -0.4 is 10.1 Å². The number of hydrogen-bond donors (Lipinski definition) is 1. The molecule has 0 bridgehead atoms.